The van der Waals surface area contributed by atoms with Crippen molar-refractivity contribution in [2.24, 2.45) is 5.92 Å². The number of hydrogen-bond acceptors (Lipinski definition) is 2. The Morgan fingerprint density at radius 2 is 1.95 bits per heavy atom. The van der Waals surface area contributed by atoms with Crippen LogP contribution in [-0.4, -0.2) is 22.2 Å². The normalized spacial score (nSPS) is 26.5. The molecule has 0 aliphatic heterocycles. The van der Waals surface area contributed by atoms with Gasteiger partial charge in [0.2, 0.25) is 0 Å². The number of carbonyl (C=O) groups is 2. The molecule has 19 heavy (non-hydrogen) atoms. The highest BCUT2D eigenvalue weighted by atomic mass is 16.4. The van der Waals surface area contributed by atoms with Crippen molar-refractivity contribution in [3.05, 3.63) is 35.5 Å². The second-order valence-corrected chi connectivity index (χ2v) is 4.93. The maximum atomic E-state index is 11.1. The Morgan fingerprint density at radius 3 is 2.53 bits per heavy atom. The van der Waals surface area contributed by atoms with E-state index in [4.69, 9.17) is 10.2 Å². The Labute approximate surface area is 113 Å². The third kappa shape index (κ3) is 4.73. The smallest absolute Gasteiger partial charge is 0.331 e. The van der Waals surface area contributed by atoms with Crippen LogP contribution >= 0.6 is 0 Å². The molecule has 2 N–H and O–H groups in total. The average molecular weight is 264 g/mol. The molecule has 0 heterocycles. The van der Waals surface area contributed by atoms with Gasteiger partial charge in [-0.05, 0) is 44.9 Å². The summed E-state index contributed by atoms with van der Waals surface area (Å²) in [4.78, 5) is 22.1. The Balaban J connectivity index is 2.90. The Kier molecular flexibility index (Phi) is 5.55. The number of rotatable bonds is 3. The van der Waals surface area contributed by atoms with Crippen LogP contribution in [-0.2, 0) is 9.59 Å². The van der Waals surface area contributed by atoms with E-state index in [9.17, 15) is 9.59 Å². The van der Waals surface area contributed by atoms with Gasteiger partial charge in [-0.3, -0.25) is 0 Å². The molecular formula is C15H20O4. The molecule has 4 nitrogen and oxygen atoms in total. The number of carboxylic acid groups (broad SMARTS) is 2. The van der Waals surface area contributed by atoms with Gasteiger partial charge in [0.15, 0.2) is 0 Å². The van der Waals surface area contributed by atoms with E-state index in [1.54, 1.807) is 6.08 Å². The van der Waals surface area contributed by atoms with Gasteiger partial charge in [0.25, 0.3) is 0 Å². The topological polar surface area (TPSA) is 74.6 Å². The number of hydrogen-bond donors (Lipinski definition) is 2. The molecule has 1 aliphatic carbocycles. The molecule has 1 atom stereocenters. The summed E-state index contributed by atoms with van der Waals surface area (Å²) in [6, 6.07) is 0. The zero-order valence-corrected chi connectivity index (χ0v) is 11.2. The van der Waals surface area contributed by atoms with Crippen molar-refractivity contribution in [2.45, 2.75) is 39.0 Å². The number of carboxylic acids is 2. The molecule has 0 unspecified atom stereocenters. The van der Waals surface area contributed by atoms with Crippen molar-refractivity contribution in [3.8, 4) is 0 Å². The minimum atomic E-state index is -1.01. The zero-order valence-electron chi connectivity index (χ0n) is 11.2. The molecule has 0 aromatic rings. The Hall–Kier alpha value is -1.84. The maximum Gasteiger partial charge on any atom is 0.331 e. The van der Waals surface area contributed by atoms with Gasteiger partial charge in [-0.15, -0.1) is 0 Å². The molecule has 0 aromatic carbocycles. The van der Waals surface area contributed by atoms with Crippen LogP contribution < -0.4 is 0 Å². The van der Waals surface area contributed by atoms with Crippen LogP contribution in [0, 0.1) is 5.92 Å². The lowest BCUT2D eigenvalue weighted by Crippen LogP contribution is -2.13. The molecule has 0 saturated carbocycles. The molecule has 0 aromatic heterocycles. The van der Waals surface area contributed by atoms with Crippen LogP contribution in [0.25, 0.3) is 0 Å². The van der Waals surface area contributed by atoms with Gasteiger partial charge in [0.05, 0.1) is 0 Å². The molecule has 1 aliphatic rings. The Bertz CT molecular complexity index is 443. The van der Waals surface area contributed by atoms with Gasteiger partial charge in [0, 0.05) is 11.1 Å². The quantitative estimate of drug-likeness (QED) is 0.606. The first-order valence-electron chi connectivity index (χ1n) is 6.42. The first kappa shape index (κ1) is 15.2. The molecule has 0 fully saturated rings. The van der Waals surface area contributed by atoms with Crippen LogP contribution in [0.15, 0.2) is 35.5 Å². The van der Waals surface area contributed by atoms with Gasteiger partial charge < -0.3 is 10.2 Å². The van der Waals surface area contributed by atoms with E-state index in [0.29, 0.717) is 31.3 Å². The highest BCUT2D eigenvalue weighted by molar-refractivity contribution is 5.87. The predicted molar refractivity (Wildman–Crippen MR) is 72.8 cm³/mol. The highest BCUT2D eigenvalue weighted by Crippen LogP contribution is 2.26. The Morgan fingerprint density at radius 1 is 1.26 bits per heavy atom. The molecule has 0 radical (unpaired) electrons. The van der Waals surface area contributed by atoms with E-state index in [-0.39, 0.29) is 11.5 Å². The minimum absolute atomic E-state index is 0.161. The van der Waals surface area contributed by atoms with E-state index in [1.807, 2.05) is 13.0 Å². The van der Waals surface area contributed by atoms with Crippen molar-refractivity contribution in [3.63, 3.8) is 0 Å². The molecule has 0 spiro atoms. The van der Waals surface area contributed by atoms with Crippen LogP contribution in [0.4, 0.5) is 0 Å². The minimum Gasteiger partial charge on any atom is -0.478 e. The fourth-order valence-corrected chi connectivity index (χ4v) is 2.15. The summed E-state index contributed by atoms with van der Waals surface area (Å²) in [5, 5.41) is 18.1. The highest BCUT2D eigenvalue weighted by Gasteiger charge is 2.20. The van der Waals surface area contributed by atoms with Crippen LogP contribution in [0.3, 0.4) is 0 Å². The van der Waals surface area contributed by atoms with E-state index in [0.717, 1.165) is 12.0 Å². The monoisotopic (exact) mass is 264 g/mol. The van der Waals surface area contributed by atoms with E-state index < -0.39 is 11.9 Å². The predicted octanol–water partition coefficient (Wildman–Crippen LogP) is 3.16. The number of aliphatic carboxylic acids is 2. The SMILES string of the molecule is C=C(C(=O)O)[C@H]1C/C=C(\C)CC/C=C(\C(=O)O)CC1. The van der Waals surface area contributed by atoms with Crippen molar-refractivity contribution in [1.29, 1.82) is 0 Å². The summed E-state index contributed by atoms with van der Waals surface area (Å²) in [7, 11) is 0. The number of allylic oxidation sites excluding steroid dienone is 3. The third-order valence-corrected chi connectivity index (χ3v) is 3.48. The van der Waals surface area contributed by atoms with Crippen LogP contribution in [0.2, 0.25) is 0 Å². The summed E-state index contributed by atoms with van der Waals surface area (Å²) in [5.41, 5.74) is 1.69. The fraction of sp³-hybridized carbons (Fsp3) is 0.467. The average Bonchev–Trinajstić information content (AvgIpc) is 2.35. The molecular weight excluding hydrogens is 244 g/mol. The zero-order chi connectivity index (χ0) is 14.4. The second-order valence-electron chi connectivity index (χ2n) is 4.93. The standard InChI is InChI=1S/C15H20O4/c1-10-4-3-5-13(15(18)19)9-8-12(7-6-10)11(2)14(16)17/h5-6,12H,2-4,7-9H2,1H3,(H,16,17)(H,18,19)/b10-6+,13-5-/t12-/m0/s1. The lowest BCUT2D eigenvalue weighted by atomic mass is 9.88. The molecule has 0 amide bonds. The van der Waals surface area contributed by atoms with Gasteiger partial charge in [-0.1, -0.05) is 24.3 Å². The fourth-order valence-electron chi connectivity index (χ4n) is 2.15. The third-order valence-electron chi connectivity index (χ3n) is 3.48. The maximum absolute atomic E-state index is 11.1. The van der Waals surface area contributed by atoms with E-state index in [1.165, 1.54) is 0 Å². The first-order valence-corrected chi connectivity index (χ1v) is 6.42. The summed E-state index contributed by atoms with van der Waals surface area (Å²) < 4.78 is 0. The molecule has 0 bridgehead atoms. The molecule has 104 valence electrons. The van der Waals surface area contributed by atoms with Crippen molar-refractivity contribution in [2.75, 3.05) is 0 Å². The lowest BCUT2D eigenvalue weighted by molar-refractivity contribution is -0.133. The second kappa shape index (κ2) is 6.92. The molecule has 4 heteroatoms. The summed E-state index contributed by atoms with van der Waals surface area (Å²) in [5.74, 6) is -2.12. The van der Waals surface area contributed by atoms with Crippen molar-refractivity contribution >= 4 is 11.9 Å². The van der Waals surface area contributed by atoms with Gasteiger partial charge in [-0.2, -0.15) is 0 Å². The molecule has 0 saturated heterocycles. The van der Waals surface area contributed by atoms with Crippen LogP contribution in [0.5, 0.6) is 0 Å². The van der Waals surface area contributed by atoms with Crippen molar-refractivity contribution in [1.82, 2.24) is 0 Å². The van der Waals surface area contributed by atoms with Crippen LogP contribution in [0.1, 0.15) is 39.0 Å². The summed E-state index contributed by atoms with van der Waals surface area (Å²) in [6.07, 6.45) is 6.82. The van der Waals surface area contributed by atoms with E-state index in [2.05, 4.69) is 6.58 Å². The summed E-state index contributed by atoms with van der Waals surface area (Å²) >= 11 is 0. The van der Waals surface area contributed by atoms with Gasteiger partial charge in [-0.25, -0.2) is 9.59 Å². The summed E-state index contributed by atoms with van der Waals surface area (Å²) in [6.45, 7) is 5.59. The van der Waals surface area contributed by atoms with Gasteiger partial charge in [0.1, 0.15) is 0 Å². The van der Waals surface area contributed by atoms with E-state index >= 15 is 0 Å². The largest absolute Gasteiger partial charge is 0.478 e. The van der Waals surface area contributed by atoms with Crippen molar-refractivity contribution < 1.29 is 19.8 Å². The lowest BCUT2D eigenvalue weighted by Gasteiger charge is -2.17. The first-order chi connectivity index (χ1) is 8.91. The molecule has 1 rings (SSSR count). The van der Waals surface area contributed by atoms with Gasteiger partial charge >= 0.3 is 11.9 Å².